The molecule has 21 heavy (non-hydrogen) atoms. The van der Waals surface area contributed by atoms with Crippen molar-refractivity contribution in [2.45, 2.75) is 0 Å². The predicted molar refractivity (Wildman–Crippen MR) is 78.4 cm³/mol. The molecule has 0 unspecified atom stereocenters. The Morgan fingerprint density at radius 3 is 2.76 bits per heavy atom. The van der Waals surface area contributed by atoms with Crippen molar-refractivity contribution in [1.29, 1.82) is 0 Å². The second-order valence-electron chi connectivity index (χ2n) is 4.14. The largest absolute Gasteiger partial charge is 0.288 e. The van der Waals surface area contributed by atoms with Crippen molar-refractivity contribution in [2.24, 2.45) is 0 Å². The zero-order valence-corrected chi connectivity index (χ0v) is 11.5. The highest BCUT2D eigenvalue weighted by atomic mass is 35.5. The molecule has 104 valence electrons. The fourth-order valence-electron chi connectivity index (χ4n) is 1.83. The Labute approximate surface area is 125 Å². The van der Waals surface area contributed by atoms with E-state index in [0.717, 1.165) is 5.56 Å². The van der Waals surface area contributed by atoms with Gasteiger partial charge in [0, 0.05) is 24.2 Å². The first-order valence-electron chi connectivity index (χ1n) is 6.11. The summed E-state index contributed by atoms with van der Waals surface area (Å²) in [6.07, 6.45) is 6.04. The highest BCUT2D eigenvalue weighted by Gasteiger charge is 2.13. The summed E-state index contributed by atoms with van der Waals surface area (Å²) in [5, 5.41) is 0.557. The molecular weight excluding hydrogens is 290 g/mol. The summed E-state index contributed by atoms with van der Waals surface area (Å²) < 4.78 is 1.51. The summed E-state index contributed by atoms with van der Waals surface area (Å²) in [6.45, 7) is 0. The van der Waals surface area contributed by atoms with Gasteiger partial charge in [0.2, 0.25) is 0 Å². The van der Waals surface area contributed by atoms with Gasteiger partial charge in [0.25, 0.3) is 5.91 Å². The molecule has 0 fully saturated rings. The Hall–Kier alpha value is -2.73. The molecule has 0 radical (unpaired) electrons. The molecule has 2 heterocycles. The quantitative estimate of drug-likeness (QED) is 0.806. The van der Waals surface area contributed by atoms with Gasteiger partial charge in [-0.1, -0.05) is 23.7 Å². The number of hydrogen-bond donors (Lipinski definition) is 1. The third-order valence-corrected chi connectivity index (χ3v) is 3.12. The van der Waals surface area contributed by atoms with Crippen molar-refractivity contribution in [2.75, 3.05) is 5.43 Å². The number of nitrogens with zero attached hydrogens (tertiary/aromatic N) is 4. The molecule has 3 rings (SSSR count). The number of imidazole rings is 1. The summed E-state index contributed by atoms with van der Waals surface area (Å²) in [5.41, 5.74) is 3.70. The minimum absolute atomic E-state index is 0.267. The summed E-state index contributed by atoms with van der Waals surface area (Å²) in [6, 6.07) is 8.81. The maximum atomic E-state index is 12.1. The normalized spacial score (nSPS) is 10.3. The SMILES string of the molecule is O=C(Nn1ccnc1-c1ccccc1Cl)c1ccncn1. The van der Waals surface area contributed by atoms with Crippen LogP contribution in [0, 0.1) is 0 Å². The van der Waals surface area contributed by atoms with E-state index in [2.05, 4.69) is 20.4 Å². The molecule has 1 aromatic carbocycles. The molecule has 0 aliphatic carbocycles. The average molecular weight is 300 g/mol. The van der Waals surface area contributed by atoms with Gasteiger partial charge in [-0.3, -0.25) is 10.2 Å². The number of carbonyl (C=O) groups is 1. The van der Waals surface area contributed by atoms with Crippen LogP contribution >= 0.6 is 11.6 Å². The van der Waals surface area contributed by atoms with E-state index < -0.39 is 0 Å². The maximum absolute atomic E-state index is 12.1. The van der Waals surface area contributed by atoms with Gasteiger partial charge in [0.05, 0.1) is 5.02 Å². The Morgan fingerprint density at radius 2 is 2.00 bits per heavy atom. The van der Waals surface area contributed by atoms with Crippen molar-refractivity contribution in [1.82, 2.24) is 19.6 Å². The van der Waals surface area contributed by atoms with Gasteiger partial charge < -0.3 is 0 Å². The molecule has 0 saturated carbocycles. The van der Waals surface area contributed by atoms with Crippen molar-refractivity contribution >= 4 is 17.5 Å². The Kier molecular flexibility index (Phi) is 3.61. The second kappa shape index (κ2) is 5.72. The first kappa shape index (κ1) is 13.3. The lowest BCUT2D eigenvalue weighted by molar-refractivity contribution is 0.100. The molecule has 1 amide bonds. The molecule has 2 aromatic heterocycles. The number of benzene rings is 1. The summed E-state index contributed by atoms with van der Waals surface area (Å²) >= 11 is 6.15. The number of rotatable bonds is 3. The highest BCUT2D eigenvalue weighted by molar-refractivity contribution is 6.33. The fourth-order valence-corrected chi connectivity index (χ4v) is 2.05. The zero-order chi connectivity index (χ0) is 14.7. The molecule has 1 N–H and O–H groups in total. The van der Waals surface area contributed by atoms with Crippen molar-refractivity contribution in [3.63, 3.8) is 0 Å². The number of hydrogen-bond acceptors (Lipinski definition) is 4. The summed E-state index contributed by atoms with van der Waals surface area (Å²) in [4.78, 5) is 24.0. The Morgan fingerprint density at radius 1 is 1.14 bits per heavy atom. The van der Waals surface area contributed by atoms with E-state index in [1.54, 1.807) is 18.5 Å². The smallest absolute Gasteiger partial charge is 0.266 e. The van der Waals surface area contributed by atoms with Gasteiger partial charge in [0.1, 0.15) is 12.0 Å². The third kappa shape index (κ3) is 2.75. The molecule has 0 spiro atoms. The fraction of sp³-hybridized carbons (Fsp3) is 0. The molecule has 7 heteroatoms. The zero-order valence-electron chi connectivity index (χ0n) is 10.8. The van der Waals surface area contributed by atoms with Crippen molar-refractivity contribution in [3.05, 3.63) is 66.0 Å². The molecule has 3 aromatic rings. The predicted octanol–water partition coefficient (Wildman–Crippen LogP) is 2.38. The van der Waals surface area contributed by atoms with E-state index in [1.807, 2.05) is 18.2 Å². The van der Waals surface area contributed by atoms with E-state index in [0.29, 0.717) is 10.8 Å². The van der Waals surface area contributed by atoms with E-state index in [-0.39, 0.29) is 11.6 Å². The van der Waals surface area contributed by atoms with Crippen LogP contribution in [0.25, 0.3) is 11.4 Å². The van der Waals surface area contributed by atoms with Crippen LogP contribution in [0.1, 0.15) is 10.5 Å². The third-order valence-electron chi connectivity index (χ3n) is 2.79. The highest BCUT2D eigenvalue weighted by Crippen LogP contribution is 2.25. The van der Waals surface area contributed by atoms with Crippen LogP contribution in [-0.2, 0) is 0 Å². The van der Waals surface area contributed by atoms with E-state index >= 15 is 0 Å². The van der Waals surface area contributed by atoms with Gasteiger partial charge >= 0.3 is 0 Å². The van der Waals surface area contributed by atoms with Gasteiger partial charge in [-0.25, -0.2) is 19.6 Å². The van der Waals surface area contributed by atoms with Crippen LogP contribution in [-0.4, -0.2) is 25.5 Å². The lowest BCUT2D eigenvalue weighted by Crippen LogP contribution is -2.24. The molecule has 0 aliphatic heterocycles. The number of aromatic nitrogens is 4. The number of nitrogens with one attached hydrogen (secondary N) is 1. The summed E-state index contributed by atoms with van der Waals surface area (Å²) in [7, 11) is 0. The molecule has 0 bridgehead atoms. The van der Waals surface area contributed by atoms with Crippen molar-refractivity contribution < 1.29 is 4.79 Å². The van der Waals surface area contributed by atoms with Crippen LogP contribution in [0.5, 0.6) is 0 Å². The van der Waals surface area contributed by atoms with Gasteiger partial charge in [-0.15, -0.1) is 0 Å². The van der Waals surface area contributed by atoms with Gasteiger partial charge in [-0.2, -0.15) is 0 Å². The minimum atomic E-state index is -0.358. The number of halogens is 1. The van der Waals surface area contributed by atoms with E-state index in [9.17, 15) is 4.79 Å². The standard InChI is InChI=1S/C14H10ClN5O/c15-11-4-2-1-3-10(11)13-17-7-8-20(13)19-14(21)12-5-6-16-9-18-12/h1-9H,(H,19,21). The lowest BCUT2D eigenvalue weighted by atomic mass is 10.2. The first-order valence-corrected chi connectivity index (χ1v) is 6.49. The van der Waals surface area contributed by atoms with E-state index in [4.69, 9.17) is 11.6 Å². The monoisotopic (exact) mass is 299 g/mol. The van der Waals surface area contributed by atoms with Gasteiger partial charge in [0.15, 0.2) is 5.82 Å². The van der Waals surface area contributed by atoms with Crippen LogP contribution < -0.4 is 5.43 Å². The average Bonchev–Trinajstić information content (AvgIpc) is 2.96. The van der Waals surface area contributed by atoms with Crippen LogP contribution in [0.2, 0.25) is 5.02 Å². The Bertz CT molecular complexity index is 772. The minimum Gasteiger partial charge on any atom is -0.266 e. The van der Waals surface area contributed by atoms with Crippen LogP contribution in [0.15, 0.2) is 55.2 Å². The first-order chi connectivity index (χ1) is 10.3. The van der Waals surface area contributed by atoms with Crippen molar-refractivity contribution in [3.8, 4) is 11.4 Å². The lowest BCUT2D eigenvalue weighted by Gasteiger charge is -2.10. The molecular formula is C14H10ClN5O. The number of amides is 1. The topological polar surface area (TPSA) is 72.7 Å². The van der Waals surface area contributed by atoms with E-state index in [1.165, 1.54) is 23.3 Å². The van der Waals surface area contributed by atoms with Gasteiger partial charge in [-0.05, 0) is 18.2 Å². The van der Waals surface area contributed by atoms with Crippen LogP contribution in [0.4, 0.5) is 0 Å². The maximum Gasteiger partial charge on any atom is 0.288 e. The Balaban J connectivity index is 1.90. The second-order valence-corrected chi connectivity index (χ2v) is 4.54. The molecule has 0 saturated heterocycles. The molecule has 0 aliphatic rings. The molecule has 0 atom stereocenters. The summed E-state index contributed by atoms with van der Waals surface area (Å²) in [5.74, 6) is 0.187. The van der Waals surface area contributed by atoms with Crippen LogP contribution in [0.3, 0.4) is 0 Å². The molecule has 6 nitrogen and oxygen atoms in total. The number of carbonyl (C=O) groups excluding carboxylic acids is 1.